The van der Waals surface area contributed by atoms with E-state index in [1.807, 2.05) is 30.3 Å². The fraction of sp³-hybridized carbons (Fsp3) is 0.414. The van der Waals surface area contributed by atoms with Crippen LogP contribution in [0.2, 0.25) is 0 Å². The van der Waals surface area contributed by atoms with Gasteiger partial charge in [0.05, 0.1) is 20.3 Å². The number of aryl methyl sites for hydroxylation is 2. The summed E-state index contributed by atoms with van der Waals surface area (Å²) < 4.78 is 24.1. The van der Waals surface area contributed by atoms with Gasteiger partial charge >= 0.3 is 6.01 Å². The number of aromatic nitrogens is 3. The number of rotatable bonds is 3. The van der Waals surface area contributed by atoms with Crippen molar-refractivity contribution in [3.63, 3.8) is 0 Å². The van der Waals surface area contributed by atoms with E-state index in [-0.39, 0.29) is 42.7 Å². The van der Waals surface area contributed by atoms with Crippen LogP contribution >= 0.6 is 0 Å². The molecule has 2 N–H and O–H groups in total. The Morgan fingerprint density at radius 1 is 1.02 bits per heavy atom. The summed E-state index contributed by atoms with van der Waals surface area (Å²) in [5.74, 6) is 0.660. The minimum atomic E-state index is -0.543. The molecule has 3 amide bonds. The van der Waals surface area contributed by atoms with Gasteiger partial charge in [-0.25, -0.2) is 4.68 Å². The first-order valence-electron chi connectivity index (χ1n) is 13.7. The van der Waals surface area contributed by atoms with Crippen molar-refractivity contribution < 1.29 is 33.3 Å². The fourth-order valence-electron chi connectivity index (χ4n) is 4.96. The van der Waals surface area contributed by atoms with Gasteiger partial charge in [0.15, 0.2) is 18.1 Å². The van der Waals surface area contributed by atoms with Crippen LogP contribution in [0.15, 0.2) is 42.5 Å². The van der Waals surface area contributed by atoms with Gasteiger partial charge in [-0.05, 0) is 41.8 Å². The first-order valence-corrected chi connectivity index (χ1v) is 13.7. The number of piperidine rings is 1. The SMILES string of the molecule is COc1cc2ccc1OCC(=O)N[C@@H]1CN(C(=O)c3nc(OC)n(C)n3)CC[C@H]1Oc1ccc(cc1)CNC(=O)CC2. The number of methoxy groups -OCH3 is 2. The molecule has 1 fully saturated rings. The molecular weight excluding hydrogens is 544 g/mol. The second-order valence-electron chi connectivity index (χ2n) is 10.1. The normalized spacial score (nSPS) is 19.5. The largest absolute Gasteiger partial charge is 0.493 e. The molecule has 5 aliphatic rings. The van der Waals surface area contributed by atoms with E-state index >= 15 is 0 Å². The number of hydrogen-bond donors (Lipinski definition) is 2. The Balaban J connectivity index is 1.37. The van der Waals surface area contributed by atoms with Crippen LogP contribution in [0.1, 0.15) is 34.6 Å². The second-order valence-corrected chi connectivity index (χ2v) is 10.1. The molecule has 6 heterocycles. The van der Waals surface area contributed by atoms with Crippen LogP contribution in [0, 0.1) is 0 Å². The van der Waals surface area contributed by atoms with Crippen LogP contribution in [0.4, 0.5) is 0 Å². The topological polar surface area (TPSA) is 146 Å². The Hall–Kier alpha value is -4.81. The summed E-state index contributed by atoms with van der Waals surface area (Å²) in [5, 5.41) is 10.1. The molecule has 1 aromatic heterocycles. The molecule has 13 heteroatoms. The molecule has 42 heavy (non-hydrogen) atoms. The first kappa shape index (κ1) is 28.7. The van der Waals surface area contributed by atoms with Gasteiger partial charge in [-0.1, -0.05) is 18.2 Å². The van der Waals surface area contributed by atoms with E-state index in [1.165, 1.54) is 18.9 Å². The van der Waals surface area contributed by atoms with Crippen molar-refractivity contribution in [2.24, 2.45) is 7.05 Å². The summed E-state index contributed by atoms with van der Waals surface area (Å²) in [5.41, 5.74) is 1.83. The summed E-state index contributed by atoms with van der Waals surface area (Å²) in [7, 11) is 4.61. The lowest BCUT2D eigenvalue weighted by Gasteiger charge is -2.38. The lowest BCUT2D eigenvalue weighted by molar-refractivity contribution is -0.125. The summed E-state index contributed by atoms with van der Waals surface area (Å²) in [6.45, 7) is 0.669. The number of nitrogens with zero attached hydrogens (tertiary/aromatic N) is 4. The smallest absolute Gasteiger partial charge is 0.314 e. The number of hydrogen-bond acceptors (Lipinski definition) is 9. The highest BCUT2D eigenvalue weighted by Crippen LogP contribution is 2.29. The maximum atomic E-state index is 13.2. The number of ether oxygens (including phenoxy) is 4. The average molecular weight is 579 g/mol. The predicted octanol–water partition coefficient (Wildman–Crippen LogP) is 1.25. The van der Waals surface area contributed by atoms with Crippen LogP contribution in [-0.4, -0.2) is 83.4 Å². The molecule has 0 saturated carbocycles. The van der Waals surface area contributed by atoms with Gasteiger partial charge in [-0.3, -0.25) is 14.4 Å². The zero-order valence-corrected chi connectivity index (χ0v) is 23.8. The molecule has 4 bridgehead atoms. The highest BCUT2D eigenvalue weighted by Gasteiger charge is 2.36. The Labute approximate surface area is 243 Å². The Kier molecular flexibility index (Phi) is 8.74. The Morgan fingerprint density at radius 2 is 1.81 bits per heavy atom. The maximum Gasteiger partial charge on any atom is 0.314 e. The lowest BCUT2D eigenvalue weighted by atomic mass is 10.0. The molecular formula is C29H34N6O7. The zero-order chi connectivity index (χ0) is 29.6. The van der Waals surface area contributed by atoms with Crippen molar-refractivity contribution in [1.82, 2.24) is 30.3 Å². The number of carbonyl (C=O) groups is 3. The van der Waals surface area contributed by atoms with Crippen molar-refractivity contribution in [1.29, 1.82) is 0 Å². The van der Waals surface area contributed by atoms with Crippen molar-refractivity contribution >= 4 is 17.7 Å². The Morgan fingerprint density at radius 3 is 2.55 bits per heavy atom. The van der Waals surface area contributed by atoms with Gasteiger partial charge in [0.2, 0.25) is 11.7 Å². The molecule has 2 atom stereocenters. The number of nitrogens with one attached hydrogen (secondary N) is 2. The Bertz CT molecular complexity index is 1440. The summed E-state index contributed by atoms with van der Waals surface area (Å²) in [6.07, 6.45) is 0.873. The van der Waals surface area contributed by atoms with E-state index in [0.717, 1.165) is 11.1 Å². The molecule has 0 radical (unpaired) electrons. The van der Waals surface area contributed by atoms with E-state index in [0.29, 0.717) is 49.6 Å². The van der Waals surface area contributed by atoms with Crippen LogP contribution < -0.4 is 29.6 Å². The van der Waals surface area contributed by atoms with Gasteiger partial charge in [0.25, 0.3) is 11.8 Å². The monoisotopic (exact) mass is 578 g/mol. The fourth-order valence-corrected chi connectivity index (χ4v) is 4.96. The molecule has 13 nitrogen and oxygen atoms in total. The quantitative estimate of drug-likeness (QED) is 0.469. The number of benzene rings is 2. The van der Waals surface area contributed by atoms with E-state index in [2.05, 4.69) is 20.7 Å². The maximum absolute atomic E-state index is 13.2. The van der Waals surface area contributed by atoms with Crippen molar-refractivity contribution in [2.75, 3.05) is 33.9 Å². The molecule has 0 unspecified atom stereocenters. The zero-order valence-electron chi connectivity index (χ0n) is 23.8. The number of likely N-dealkylation sites (tertiary alicyclic amines) is 1. The van der Waals surface area contributed by atoms with Crippen LogP contribution in [0.5, 0.6) is 23.3 Å². The molecule has 0 spiro atoms. The summed E-state index contributed by atoms with van der Waals surface area (Å²) in [4.78, 5) is 44.5. The summed E-state index contributed by atoms with van der Waals surface area (Å²) >= 11 is 0. The van der Waals surface area contributed by atoms with Crippen molar-refractivity contribution in [3.8, 4) is 23.3 Å². The lowest BCUT2D eigenvalue weighted by Crippen LogP contribution is -2.58. The molecule has 0 aliphatic carbocycles. The predicted molar refractivity (Wildman–Crippen MR) is 150 cm³/mol. The minimum Gasteiger partial charge on any atom is -0.493 e. The average Bonchev–Trinajstić information content (AvgIpc) is 3.39. The van der Waals surface area contributed by atoms with E-state index < -0.39 is 12.1 Å². The third-order valence-electron chi connectivity index (χ3n) is 7.21. The van der Waals surface area contributed by atoms with Crippen LogP contribution in [0.25, 0.3) is 0 Å². The molecule has 5 aliphatic heterocycles. The number of carbonyl (C=O) groups excluding carboxylic acids is 3. The van der Waals surface area contributed by atoms with Gasteiger partial charge < -0.3 is 34.5 Å². The third kappa shape index (κ3) is 6.73. The molecule has 3 aromatic rings. The standard InChI is InChI=1S/C29H34N6O7/c1-34-29(40-3)32-27(33-34)28(38)35-13-12-22-21(16-35)31-26(37)17-41-23-10-6-18(14-24(23)39-2)7-11-25(36)30-15-19-4-8-20(42-22)9-5-19/h4-6,8-10,14,21-22H,7,11-13,15-17H2,1-3H3,(H,30,36)(H,31,37)/t21-,22-/m1/s1. The van der Waals surface area contributed by atoms with E-state index in [4.69, 9.17) is 18.9 Å². The van der Waals surface area contributed by atoms with Crippen LogP contribution in [0.3, 0.4) is 0 Å². The molecule has 222 valence electrons. The van der Waals surface area contributed by atoms with Crippen LogP contribution in [-0.2, 0) is 29.6 Å². The molecule has 1 saturated heterocycles. The minimum absolute atomic E-state index is 0.00788. The third-order valence-corrected chi connectivity index (χ3v) is 7.21. The highest BCUT2D eigenvalue weighted by atomic mass is 16.5. The van der Waals surface area contributed by atoms with Crippen molar-refractivity contribution in [2.45, 2.75) is 38.0 Å². The first-order chi connectivity index (χ1) is 20.3. The highest BCUT2D eigenvalue weighted by molar-refractivity contribution is 5.90. The van der Waals surface area contributed by atoms with Gasteiger partial charge in [0, 0.05) is 39.5 Å². The molecule has 8 rings (SSSR count). The van der Waals surface area contributed by atoms with E-state index in [1.54, 1.807) is 24.1 Å². The van der Waals surface area contributed by atoms with E-state index in [9.17, 15) is 14.4 Å². The van der Waals surface area contributed by atoms with Gasteiger partial charge in [-0.15, -0.1) is 5.10 Å². The second kappa shape index (κ2) is 12.8. The van der Waals surface area contributed by atoms with Gasteiger partial charge in [0.1, 0.15) is 11.9 Å². The van der Waals surface area contributed by atoms with Crippen molar-refractivity contribution in [3.05, 3.63) is 59.4 Å². The molecule has 2 aromatic carbocycles. The van der Waals surface area contributed by atoms with Gasteiger partial charge in [-0.2, -0.15) is 4.98 Å². The number of amides is 3. The summed E-state index contributed by atoms with van der Waals surface area (Å²) in [6, 6.07) is 12.5.